The number of amides is 1. The zero-order valence-electron chi connectivity index (χ0n) is 19.5. The summed E-state index contributed by atoms with van der Waals surface area (Å²) >= 11 is 0. The van der Waals surface area contributed by atoms with Gasteiger partial charge < -0.3 is 19.0 Å². The molecule has 2 aromatic carbocycles. The highest BCUT2D eigenvalue weighted by atomic mass is 16.5. The molecule has 9 nitrogen and oxygen atoms in total. The van der Waals surface area contributed by atoms with Crippen LogP contribution in [0.4, 0.5) is 5.95 Å². The number of carbonyl (C=O) groups is 1. The first-order valence-corrected chi connectivity index (χ1v) is 11.5. The Labute approximate surface area is 201 Å². The van der Waals surface area contributed by atoms with Crippen molar-refractivity contribution in [2.45, 2.75) is 13.0 Å². The summed E-state index contributed by atoms with van der Waals surface area (Å²) in [6.07, 6.45) is 1.52. The van der Waals surface area contributed by atoms with Gasteiger partial charge in [-0.15, -0.1) is 10.2 Å². The Hall–Kier alpha value is -4.40. The summed E-state index contributed by atoms with van der Waals surface area (Å²) in [6, 6.07) is 19.1. The molecule has 3 aromatic heterocycles. The van der Waals surface area contributed by atoms with Gasteiger partial charge in [0.25, 0.3) is 5.91 Å². The number of methoxy groups -OCH3 is 1. The van der Waals surface area contributed by atoms with E-state index in [1.807, 2.05) is 64.8 Å². The zero-order valence-corrected chi connectivity index (χ0v) is 19.5. The highest BCUT2D eigenvalue weighted by Gasteiger charge is 2.31. The fourth-order valence-corrected chi connectivity index (χ4v) is 4.71. The molecule has 0 saturated carbocycles. The molecule has 6 rings (SSSR count). The van der Waals surface area contributed by atoms with Crippen LogP contribution in [0.1, 0.15) is 17.5 Å². The van der Waals surface area contributed by atoms with Crippen LogP contribution in [0.3, 0.4) is 0 Å². The van der Waals surface area contributed by atoms with Crippen LogP contribution >= 0.6 is 0 Å². The summed E-state index contributed by atoms with van der Waals surface area (Å²) in [5.41, 5.74) is 2.47. The standard InChI is InChI=1S/C26H24N6O3/c1-17-16-30(12-13-31(17)25(33)22-11-6-14-35-22)26-27-21-10-4-3-9-20(21)24-29-28-23(32(24)26)18-7-5-8-19(15-18)34-2/h3-11,14-15,17H,12-13,16H2,1-2H3. The molecule has 0 bridgehead atoms. The van der Waals surface area contributed by atoms with E-state index in [9.17, 15) is 4.79 Å². The van der Waals surface area contributed by atoms with Gasteiger partial charge >= 0.3 is 0 Å². The first kappa shape index (κ1) is 21.2. The highest BCUT2D eigenvalue weighted by Crippen LogP contribution is 2.31. The molecule has 0 aliphatic carbocycles. The minimum absolute atomic E-state index is 0.0404. The number of para-hydroxylation sites is 1. The molecule has 9 heteroatoms. The van der Waals surface area contributed by atoms with Crippen molar-refractivity contribution in [1.29, 1.82) is 0 Å². The third-order valence-corrected chi connectivity index (χ3v) is 6.46. The van der Waals surface area contributed by atoms with Crippen LogP contribution in [0.25, 0.3) is 27.9 Å². The van der Waals surface area contributed by atoms with Crippen LogP contribution in [0.2, 0.25) is 0 Å². The molecule has 1 fully saturated rings. The van der Waals surface area contributed by atoms with Gasteiger partial charge in [0.15, 0.2) is 17.2 Å². The normalized spacial score (nSPS) is 16.2. The maximum Gasteiger partial charge on any atom is 0.289 e. The van der Waals surface area contributed by atoms with E-state index in [1.165, 1.54) is 6.26 Å². The van der Waals surface area contributed by atoms with E-state index in [0.29, 0.717) is 31.2 Å². The van der Waals surface area contributed by atoms with E-state index >= 15 is 0 Å². The second-order valence-corrected chi connectivity index (χ2v) is 8.61. The largest absolute Gasteiger partial charge is 0.497 e. The second-order valence-electron chi connectivity index (χ2n) is 8.61. The van der Waals surface area contributed by atoms with E-state index in [-0.39, 0.29) is 11.9 Å². The number of furan rings is 1. The van der Waals surface area contributed by atoms with Gasteiger partial charge in [-0.2, -0.15) is 0 Å². The summed E-state index contributed by atoms with van der Waals surface area (Å²) in [6.45, 7) is 3.82. The number of rotatable bonds is 4. The van der Waals surface area contributed by atoms with Crippen molar-refractivity contribution in [3.8, 4) is 17.1 Å². The summed E-state index contributed by atoms with van der Waals surface area (Å²) < 4.78 is 12.8. The van der Waals surface area contributed by atoms with Gasteiger partial charge in [-0.3, -0.25) is 4.79 Å². The molecule has 1 saturated heterocycles. The summed E-state index contributed by atoms with van der Waals surface area (Å²) in [4.78, 5) is 22.0. The second kappa shape index (κ2) is 8.43. The van der Waals surface area contributed by atoms with Crippen LogP contribution in [-0.4, -0.2) is 63.2 Å². The SMILES string of the molecule is COc1cccc(-c2nnc3c4ccccc4nc(N4CCN(C(=O)c5ccco5)C(C)C4)n23)c1. The monoisotopic (exact) mass is 468 g/mol. The number of aromatic nitrogens is 4. The number of hydrogen-bond donors (Lipinski definition) is 0. The van der Waals surface area contributed by atoms with Crippen LogP contribution in [0.15, 0.2) is 71.3 Å². The highest BCUT2D eigenvalue weighted by molar-refractivity contribution is 5.94. The molecule has 0 radical (unpaired) electrons. The molecule has 5 aromatic rings. The van der Waals surface area contributed by atoms with E-state index in [2.05, 4.69) is 15.1 Å². The number of ether oxygens (including phenoxy) is 1. The topological polar surface area (TPSA) is 89.0 Å². The van der Waals surface area contributed by atoms with Crippen molar-refractivity contribution in [1.82, 2.24) is 24.5 Å². The quantitative estimate of drug-likeness (QED) is 0.395. The molecule has 0 N–H and O–H groups in total. The number of carbonyl (C=O) groups excluding carboxylic acids is 1. The molecule has 1 aliphatic heterocycles. The van der Waals surface area contributed by atoms with Crippen LogP contribution in [0.5, 0.6) is 5.75 Å². The lowest BCUT2D eigenvalue weighted by molar-refractivity contribution is 0.0640. The van der Waals surface area contributed by atoms with Crippen LogP contribution < -0.4 is 9.64 Å². The first-order chi connectivity index (χ1) is 17.1. The Kier molecular flexibility index (Phi) is 5.09. The molecule has 1 unspecified atom stereocenters. The molecule has 1 aliphatic rings. The predicted octanol–water partition coefficient (Wildman–Crippen LogP) is 3.90. The number of hydrogen-bond acceptors (Lipinski definition) is 7. The predicted molar refractivity (Wildman–Crippen MR) is 132 cm³/mol. The van der Waals surface area contributed by atoms with Gasteiger partial charge in [0.2, 0.25) is 5.95 Å². The summed E-state index contributed by atoms with van der Waals surface area (Å²) in [7, 11) is 1.65. The van der Waals surface area contributed by atoms with Crippen molar-refractivity contribution in [2.75, 3.05) is 31.6 Å². The molecule has 1 atom stereocenters. The lowest BCUT2D eigenvalue weighted by Gasteiger charge is -2.40. The Bertz CT molecular complexity index is 1530. The summed E-state index contributed by atoms with van der Waals surface area (Å²) in [5, 5.41) is 10.0. The lowest BCUT2D eigenvalue weighted by Crippen LogP contribution is -2.54. The van der Waals surface area contributed by atoms with Crippen LogP contribution in [-0.2, 0) is 0 Å². The van der Waals surface area contributed by atoms with Crippen molar-refractivity contribution in [2.24, 2.45) is 0 Å². The maximum atomic E-state index is 12.9. The van der Waals surface area contributed by atoms with Crippen molar-refractivity contribution < 1.29 is 13.9 Å². The van der Waals surface area contributed by atoms with Gasteiger partial charge in [0, 0.05) is 36.6 Å². The Balaban J connectivity index is 1.44. The van der Waals surface area contributed by atoms with Crippen LogP contribution in [0, 0.1) is 0 Å². The number of benzene rings is 2. The fraction of sp³-hybridized carbons (Fsp3) is 0.231. The average Bonchev–Trinajstić information content (AvgIpc) is 3.59. The van der Waals surface area contributed by atoms with E-state index in [1.54, 1.807) is 19.2 Å². The number of piperazine rings is 1. The fourth-order valence-electron chi connectivity index (χ4n) is 4.71. The smallest absolute Gasteiger partial charge is 0.289 e. The molecule has 35 heavy (non-hydrogen) atoms. The minimum Gasteiger partial charge on any atom is -0.497 e. The maximum absolute atomic E-state index is 12.9. The summed E-state index contributed by atoms with van der Waals surface area (Å²) in [5.74, 6) is 2.44. The van der Waals surface area contributed by atoms with Crippen molar-refractivity contribution in [3.63, 3.8) is 0 Å². The molecular weight excluding hydrogens is 444 g/mol. The molecular formula is C26H24N6O3. The molecule has 1 amide bonds. The molecule has 4 heterocycles. The Morgan fingerprint density at radius 3 is 2.74 bits per heavy atom. The van der Waals surface area contributed by atoms with Gasteiger partial charge in [0.1, 0.15) is 5.75 Å². The van der Waals surface area contributed by atoms with E-state index in [0.717, 1.165) is 33.8 Å². The third-order valence-electron chi connectivity index (χ3n) is 6.46. The Morgan fingerprint density at radius 1 is 1.06 bits per heavy atom. The van der Waals surface area contributed by atoms with E-state index in [4.69, 9.17) is 14.1 Å². The number of nitrogens with zero attached hydrogens (tertiary/aromatic N) is 6. The van der Waals surface area contributed by atoms with Crippen molar-refractivity contribution in [3.05, 3.63) is 72.7 Å². The van der Waals surface area contributed by atoms with Gasteiger partial charge in [-0.25, -0.2) is 9.38 Å². The number of fused-ring (bicyclic) bond motifs is 3. The third kappa shape index (κ3) is 3.56. The number of anilines is 1. The zero-order chi connectivity index (χ0) is 23.9. The Morgan fingerprint density at radius 2 is 1.94 bits per heavy atom. The van der Waals surface area contributed by atoms with E-state index < -0.39 is 0 Å². The average molecular weight is 469 g/mol. The molecule has 176 valence electrons. The van der Waals surface area contributed by atoms with Crippen molar-refractivity contribution >= 4 is 28.4 Å². The lowest BCUT2D eigenvalue weighted by atomic mass is 10.1. The van der Waals surface area contributed by atoms with Gasteiger partial charge in [-0.05, 0) is 43.3 Å². The minimum atomic E-state index is -0.0971. The van der Waals surface area contributed by atoms with Gasteiger partial charge in [0.05, 0.1) is 18.9 Å². The molecule has 0 spiro atoms. The first-order valence-electron chi connectivity index (χ1n) is 11.5. The van der Waals surface area contributed by atoms with Gasteiger partial charge in [-0.1, -0.05) is 24.3 Å².